The molecular weight excluding hydrogens is 366 g/mol. The van der Waals surface area contributed by atoms with Crippen molar-refractivity contribution in [2.24, 2.45) is 5.92 Å². The topological polar surface area (TPSA) is 69.7 Å². The molecule has 0 unspecified atom stereocenters. The van der Waals surface area contributed by atoms with Crippen molar-refractivity contribution in [1.29, 1.82) is 0 Å². The highest BCUT2D eigenvalue weighted by Gasteiger charge is 2.36. The summed E-state index contributed by atoms with van der Waals surface area (Å²) in [5.41, 5.74) is 4.01. The number of likely N-dealkylation sites (tertiary alicyclic amines) is 1. The molecule has 0 radical (unpaired) electrons. The monoisotopic (exact) mass is 393 g/mol. The Balaban J connectivity index is 1.52. The molecule has 0 bridgehead atoms. The quantitative estimate of drug-likeness (QED) is 0.820. The van der Waals surface area contributed by atoms with Crippen LogP contribution in [0.4, 0.5) is 5.69 Å². The highest BCUT2D eigenvalue weighted by molar-refractivity contribution is 5.96. The zero-order valence-corrected chi connectivity index (χ0v) is 17.1. The lowest BCUT2D eigenvalue weighted by Crippen LogP contribution is -2.39. The van der Waals surface area contributed by atoms with Gasteiger partial charge in [-0.05, 0) is 31.5 Å². The Bertz CT molecular complexity index is 891. The van der Waals surface area contributed by atoms with E-state index in [1.54, 1.807) is 11.9 Å². The second-order valence-corrected chi connectivity index (χ2v) is 7.77. The van der Waals surface area contributed by atoms with Crippen molar-refractivity contribution in [1.82, 2.24) is 9.80 Å². The molecule has 1 heterocycles. The molecule has 0 saturated carbocycles. The van der Waals surface area contributed by atoms with Crippen LogP contribution in [0.3, 0.4) is 0 Å². The number of carbonyl (C=O) groups is 3. The van der Waals surface area contributed by atoms with Gasteiger partial charge in [0.15, 0.2) is 0 Å². The summed E-state index contributed by atoms with van der Waals surface area (Å²) in [6.45, 7) is 4.83. The van der Waals surface area contributed by atoms with E-state index in [1.165, 1.54) is 10.5 Å². The molecule has 0 aliphatic carbocycles. The van der Waals surface area contributed by atoms with Gasteiger partial charge in [-0.3, -0.25) is 14.4 Å². The fraction of sp³-hybridized carbons (Fsp3) is 0.348. The molecule has 1 N–H and O–H groups in total. The van der Waals surface area contributed by atoms with Gasteiger partial charge < -0.3 is 15.1 Å². The molecule has 6 heteroatoms. The Morgan fingerprint density at radius 2 is 1.62 bits per heavy atom. The number of hydrogen-bond acceptors (Lipinski definition) is 3. The highest BCUT2D eigenvalue weighted by atomic mass is 16.2. The molecule has 1 atom stereocenters. The number of anilines is 1. The molecule has 1 aliphatic heterocycles. The van der Waals surface area contributed by atoms with Crippen LogP contribution in [0.2, 0.25) is 0 Å². The third-order valence-corrected chi connectivity index (χ3v) is 5.15. The van der Waals surface area contributed by atoms with Gasteiger partial charge in [-0.25, -0.2) is 0 Å². The summed E-state index contributed by atoms with van der Waals surface area (Å²) in [6.07, 6.45) is 0.189. The highest BCUT2D eigenvalue weighted by Crippen LogP contribution is 2.22. The van der Waals surface area contributed by atoms with Gasteiger partial charge in [0.1, 0.15) is 0 Å². The second-order valence-electron chi connectivity index (χ2n) is 7.77. The average molecular weight is 393 g/mol. The van der Waals surface area contributed by atoms with Crippen molar-refractivity contribution < 1.29 is 14.4 Å². The van der Waals surface area contributed by atoms with Crippen LogP contribution in [0, 0.1) is 19.8 Å². The third kappa shape index (κ3) is 5.44. The van der Waals surface area contributed by atoms with Gasteiger partial charge in [-0.15, -0.1) is 0 Å². The van der Waals surface area contributed by atoms with Crippen LogP contribution >= 0.6 is 0 Å². The van der Waals surface area contributed by atoms with Crippen LogP contribution in [0.5, 0.6) is 0 Å². The minimum absolute atomic E-state index is 0.0265. The minimum atomic E-state index is -0.412. The first kappa shape index (κ1) is 20.6. The summed E-state index contributed by atoms with van der Waals surface area (Å²) in [7, 11) is 1.60. The smallest absolute Gasteiger partial charge is 0.243 e. The summed E-state index contributed by atoms with van der Waals surface area (Å²) >= 11 is 0. The number of aryl methyl sites for hydroxylation is 2. The molecule has 1 aliphatic rings. The maximum atomic E-state index is 12.7. The first-order valence-corrected chi connectivity index (χ1v) is 9.76. The maximum Gasteiger partial charge on any atom is 0.243 e. The molecule has 152 valence electrons. The van der Waals surface area contributed by atoms with E-state index in [0.717, 1.165) is 11.1 Å². The number of likely N-dealkylation sites (N-methyl/N-ethyl adjacent to an activating group) is 1. The molecule has 3 rings (SSSR count). The van der Waals surface area contributed by atoms with E-state index in [9.17, 15) is 14.4 Å². The standard InChI is InChI=1S/C23H27N3O3/c1-16-4-8-18(9-5-16)13-26-14-19(12-22(26)28)23(29)25(3)15-21(27)24-20-10-6-17(2)7-11-20/h4-11,19H,12-15H2,1-3H3,(H,24,27)/t19-/m1/s1. The van der Waals surface area contributed by atoms with E-state index in [1.807, 2.05) is 62.4 Å². The van der Waals surface area contributed by atoms with Gasteiger partial charge in [-0.1, -0.05) is 47.5 Å². The maximum absolute atomic E-state index is 12.7. The third-order valence-electron chi connectivity index (χ3n) is 5.15. The van der Waals surface area contributed by atoms with E-state index in [2.05, 4.69) is 5.32 Å². The van der Waals surface area contributed by atoms with Crippen molar-refractivity contribution in [3.63, 3.8) is 0 Å². The van der Waals surface area contributed by atoms with E-state index in [-0.39, 0.29) is 30.7 Å². The first-order chi connectivity index (χ1) is 13.8. The Kier molecular flexibility index (Phi) is 6.32. The summed E-state index contributed by atoms with van der Waals surface area (Å²) in [6, 6.07) is 15.5. The van der Waals surface area contributed by atoms with Crippen LogP contribution in [0.15, 0.2) is 48.5 Å². The number of hydrogen-bond donors (Lipinski definition) is 1. The summed E-state index contributed by atoms with van der Waals surface area (Å²) in [5, 5.41) is 2.79. The van der Waals surface area contributed by atoms with E-state index in [0.29, 0.717) is 18.8 Å². The zero-order chi connectivity index (χ0) is 21.0. The summed E-state index contributed by atoms with van der Waals surface area (Å²) in [4.78, 5) is 40.4. The van der Waals surface area contributed by atoms with E-state index >= 15 is 0 Å². The average Bonchev–Trinajstić information content (AvgIpc) is 3.05. The number of nitrogens with zero attached hydrogens (tertiary/aromatic N) is 2. The predicted octanol–water partition coefficient (Wildman–Crippen LogP) is 2.75. The lowest BCUT2D eigenvalue weighted by atomic mass is 10.1. The van der Waals surface area contributed by atoms with Crippen molar-refractivity contribution in [2.45, 2.75) is 26.8 Å². The zero-order valence-electron chi connectivity index (χ0n) is 17.1. The summed E-state index contributed by atoms with van der Waals surface area (Å²) in [5.74, 6) is -0.874. The van der Waals surface area contributed by atoms with Gasteiger partial charge in [0.05, 0.1) is 12.5 Å². The van der Waals surface area contributed by atoms with Gasteiger partial charge >= 0.3 is 0 Å². The largest absolute Gasteiger partial charge is 0.338 e. The molecule has 1 fully saturated rings. The SMILES string of the molecule is Cc1ccc(CN2C[C@H](C(=O)N(C)CC(=O)Nc3ccc(C)cc3)CC2=O)cc1. The fourth-order valence-corrected chi connectivity index (χ4v) is 3.45. The van der Waals surface area contributed by atoms with Crippen LogP contribution in [-0.2, 0) is 20.9 Å². The predicted molar refractivity (Wildman–Crippen MR) is 112 cm³/mol. The molecule has 2 aromatic carbocycles. The van der Waals surface area contributed by atoms with Crippen molar-refractivity contribution in [3.8, 4) is 0 Å². The molecule has 2 aromatic rings. The normalized spacial score (nSPS) is 16.0. The van der Waals surface area contributed by atoms with Crippen molar-refractivity contribution in [3.05, 3.63) is 65.2 Å². The van der Waals surface area contributed by atoms with Gasteiger partial charge in [0.2, 0.25) is 17.7 Å². The Hall–Kier alpha value is -3.15. The summed E-state index contributed by atoms with van der Waals surface area (Å²) < 4.78 is 0. The van der Waals surface area contributed by atoms with Crippen molar-refractivity contribution in [2.75, 3.05) is 25.5 Å². The van der Waals surface area contributed by atoms with Crippen LogP contribution in [0.25, 0.3) is 0 Å². The first-order valence-electron chi connectivity index (χ1n) is 9.76. The molecule has 6 nitrogen and oxygen atoms in total. The molecule has 3 amide bonds. The van der Waals surface area contributed by atoms with Gasteiger partial charge in [0.25, 0.3) is 0 Å². The number of carbonyl (C=O) groups excluding carboxylic acids is 3. The Morgan fingerprint density at radius 3 is 2.24 bits per heavy atom. The lowest BCUT2D eigenvalue weighted by molar-refractivity contribution is -0.137. The lowest BCUT2D eigenvalue weighted by Gasteiger charge is -2.21. The Morgan fingerprint density at radius 1 is 1.03 bits per heavy atom. The molecule has 0 spiro atoms. The van der Waals surface area contributed by atoms with E-state index < -0.39 is 5.92 Å². The number of nitrogens with one attached hydrogen (secondary N) is 1. The Labute approximate surface area is 171 Å². The van der Waals surface area contributed by atoms with Crippen molar-refractivity contribution >= 4 is 23.4 Å². The number of amides is 3. The molecule has 1 saturated heterocycles. The fourth-order valence-electron chi connectivity index (χ4n) is 3.45. The van der Waals surface area contributed by atoms with Crippen LogP contribution in [-0.4, -0.2) is 47.7 Å². The van der Waals surface area contributed by atoms with Gasteiger partial charge in [-0.2, -0.15) is 0 Å². The van der Waals surface area contributed by atoms with Crippen LogP contribution < -0.4 is 5.32 Å². The molecule has 0 aromatic heterocycles. The van der Waals surface area contributed by atoms with Gasteiger partial charge in [0, 0.05) is 32.2 Å². The molecular formula is C23H27N3O3. The van der Waals surface area contributed by atoms with Crippen LogP contribution in [0.1, 0.15) is 23.1 Å². The minimum Gasteiger partial charge on any atom is -0.338 e. The molecule has 29 heavy (non-hydrogen) atoms. The number of benzene rings is 2. The number of rotatable bonds is 6. The van der Waals surface area contributed by atoms with E-state index in [4.69, 9.17) is 0 Å². The second kappa shape index (κ2) is 8.90.